The fraction of sp³-hybridized carbons (Fsp3) is 0. The summed E-state index contributed by atoms with van der Waals surface area (Å²) in [6.07, 6.45) is 0. The summed E-state index contributed by atoms with van der Waals surface area (Å²) in [5.74, 6) is 0. The molecule has 330 valence electrons. The average Bonchev–Trinajstić information content (AvgIpc) is 4.00. The molecule has 70 heavy (non-hydrogen) atoms. The quantitative estimate of drug-likeness (QED) is 0.136. The summed E-state index contributed by atoms with van der Waals surface area (Å²) in [5.41, 5.74) is 17.3. The normalized spacial score (nSPS) is 11.4. The van der Waals surface area contributed by atoms with Gasteiger partial charge in [-0.15, -0.1) is 11.3 Å². The van der Waals surface area contributed by atoms with E-state index in [2.05, 4.69) is 265 Å². The van der Waals surface area contributed by atoms with Crippen LogP contribution in [0.3, 0.4) is 0 Å². The van der Waals surface area contributed by atoms with Crippen molar-refractivity contribution in [1.29, 1.82) is 0 Å². The van der Waals surface area contributed by atoms with Gasteiger partial charge in [-0.25, -0.2) is 0 Å². The standard InChI is InChI=1S/C66H44N2OS/c1-4-14-45(15-5-1)47-28-33-54(34-29-47)67(53-18-8-3-9-19-53)57-40-52(50-26-24-49(25-27-50)51-32-39-66-62(42-51)60-21-11-13-23-65(60)70-66)41-58(43-57)68(55-35-30-48(31-36-55)46-16-6-2-7-17-46)56-37-38-64-61(44-56)59-20-10-12-22-63(59)69-64/h1-44H. The fourth-order valence-corrected chi connectivity index (χ4v) is 11.1. The molecule has 3 nitrogen and oxygen atoms in total. The third kappa shape index (κ3) is 7.67. The van der Waals surface area contributed by atoms with Crippen LogP contribution in [0.1, 0.15) is 0 Å². The SMILES string of the molecule is c1ccc(-c2ccc(N(c3ccccc3)c3cc(-c4ccc(-c5ccc6sc7ccccc7c6c5)cc4)cc(N(c4ccc(-c5ccccc5)cc4)c4ccc5oc6ccccc6c5c4)c3)cc2)cc1. The molecule has 0 spiro atoms. The Bertz CT molecular complexity index is 3970. The Kier molecular flexibility index (Phi) is 10.4. The Hall–Kier alpha value is -8.96. The third-order valence-corrected chi connectivity index (χ3v) is 14.6. The van der Waals surface area contributed by atoms with Gasteiger partial charge >= 0.3 is 0 Å². The first-order valence-corrected chi connectivity index (χ1v) is 24.5. The Morgan fingerprint density at radius 1 is 0.229 bits per heavy atom. The van der Waals surface area contributed by atoms with Gasteiger partial charge in [-0.2, -0.15) is 0 Å². The van der Waals surface area contributed by atoms with Crippen molar-refractivity contribution < 1.29 is 4.42 Å². The van der Waals surface area contributed by atoms with Crippen LogP contribution in [0.25, 0.3) is 86.6 Å². The molecule has 2 heterocycles. The van der Waals surface area contributed by atoms with Crippen LogP contribution in [-0.2, 0) is 0 Å². The largest absolute Gasteiger partial charge is 0.456 e. The molecule has 0 fully saturated rings. The minimum Gasteiger partial charge on any atom is -0.456 e. The first-order chi connectivity index (χ1) is 34.7. The second-order valence-corrected chi connectivity index (χ2v) is 18.8. The highest BCUT2D eigenvalue weighted by Gasteiger charge is 2.21. The lowest BCUT2D eigenvalue weighted by Crippen LogP contribution is -2.13. The zero-order valence-corrected chi connectivity index (χ0v) is 38.9. The predicted octanol–water partition coefficient (Wildman–Crippen LogP) is 19.6. The van der Waals surface area contributed by atoms with Gasteiger partial charge in [0.15, 0.2) is 0 Å². The molecule has 0 saturated carbocycles. The van der Waals surface area contributed by atoms with Crippen LogP contribution in [0.4, 0.5) is 34.1 Å². The molecule has 2 aromatic heterocycles. The first-order valence-electron chi connectivity index (χ1n) is 23.7. The smallest absolute Gasteiger partial charge is 0.135 e. The van der Waals surface area contributed by atoms with E-state index in [0.717, 1.165) is 72.8 Å². The van der Waals surface area contributed by atoms with Crippen LogP contribution < -0.4 is 9.80 Å². The number of para-hydroxylation sites is 2. The van der Waals surface area contributed by atoms with Crippen LogP contribution >= 0.6 is 11.3 Å². The van der Waals surface area contributed by atoms with Gasteiger partial charge in [0, 0.05) is 65.1 Å². The molecule has 0 aliphatic rings. The van der Waals surface area contributed by atoms with Crippen LogP contribution in [0, 0.1) is 0 Å². The molecule has 4 heteroatoms. The van der Waals surface area contributed by atoms with E-state index in [1.807, 2.05) is 23.5 Å². The van der Waals surface area contributed by atoms with E-state index in [-0.39, 0.29) is 0 Å². The van der Waals surface area contributed by atoms with Crippen LogP contribution in [0.5, 0.6) is 0 Å². The molecule has 11 aromatic carbocycles. The predicted molar refractivity (Wildman–Crippen MR) is 298 cm³/mol. The maximum Gasteiger partial charge on any atom is 0.135 e. The van der Waals surface area contributed by atoms with E-state index >= 15 is 0 Å². The molecule has 13 aromatic rings. The maximum absolute atomic E-state index is 6.38. The molecule has 13 rings (SSSR count). The highest BCUT2D eigenvalue weighted by molar-refractivity contribution is 7.25. The second-order valence-electron chi connectivity index (χ2n) is 17.7. The maximum atomic E-state index is 6.38. The molecule has 0 radical (unpaired) electrons. The molecular weight excluding hydrogens is 869 g/mol. The molecular formula is C66H44N2OS. The van der Waals surface area contributed by atoms with E-state index in [1.165, 1.54) is 48.0 Å². The van der Waals surface area contributed by atoms with Crippen molar-refractivity contribution in [2.75, 3.05) is 9.80 Å². The summed E-state index contributed by atoms with van der Waals surface area (Å²) in [6, 6.07) is 96.3. The van der Waals surface area contributed by atoms with Crippen molar-refractivity contribution in [3.8, 4) is 44.5 Å². The monoisotopic (exact) mass is 912 g/mol. The number of rotatable bonds is 10. The molecule has 0 aliphatic carbocycles. The summed E-state index contributed by atoms with van der Waals surface area (Å²) in [7, 11) is 0. The number of benzene rings is 11. The van der Waals surface area contributed by atoms with E-state index in [0.29, 0.717) is 0 Å². The molecule has 0 saturated heterocycles. The zero-order chi connectivity index (χ0) is 46.4. The lowest BCUT2D eigenvalue weighted by Gasteiger charge is -2.30. The number of thiophene rings is 1. The van der Waals surface area contributed by atoms with Crippen molar-refractivity contribution in [3.05, 3.63) is 267 Å². The van der Waals surface area contributed by atoms with Crippen molar-refractivity contribution >= 4 is 87.6 Å². The topological polar surface area (TPSA) is 19.6 Å². The van der Waals surface area contributed by atoms with Crippen molar-refractivity contribution in [3.63, 3.8) is 0 Å². The van der Waals surface area contributed by atoms with Crippen LogP contribution in [0.15, 0.2) is 271 Å². The van der Waals surface area contributed by atoms with Gasteiger partial charge in [0.25, 0.3) is 0 Å². The molecule has 0 N–H and O–H groups in total. The zero-order valence-electron chi connectivity index (χ0n) is 38.1. The van der Waals surface area contributed by atoms with Crippen molar-refractivity contribution in [2.24, 2.45) is 0 Å². The molecule has 0 atom stereocenters. The van der Waals surface area contributed by atoms with E-state index in [9.17, 15) is 0 Å². The number of anilines is 6. The fourth-order valence-electron chi connectivity index (χ4n) is 9.97. The number of nitrogens with zero attached hydrogens (tertiary/aromatic N) is 2. The van der Waals surface area contributed by atoms with Crippen molar-refractivity contribution in [1.82, 2.24) is 0 Å². The number of furan rings is 1. The summed E-state index contributed by atoms with van der Waals surface area (Å²) in [5, 5.41) is 4.77. The lowest BCUT2D eigenvalue weighted by molar-refractivity contribution is 0.669. The highest BCUT2D eigenvalue weighted by atomic mass is 32.1. The van der Waals surface area contributed by atoms with Gasteiger partial charge in [0.1, 0.15) is 11.2 Å². The Morgan fingerprint density at radius 2 is 0.657 bits per heavy atom. The Balaban J connectivity index is 1.00. The molecule has 0 amide bonds. The van der Waals surface area contributed by atoms with Crippen LogP contribution in [-0.4, -0.2) is 0 Å². The molecule has 0 unspecified atom stereocenters. The third-order valence-electron chi connectivity index (χ3n) is 13.4. The van der Waals surface area contributed by atoms with Gasteiger partial charge in [-0.1, -0.05) is 170 Å². The molecule has 0 bridgehead atoms. The number of hydrogen-bond donors (Lipinski definition) is 0. The first kappa shape index (κ1) is 41.2. The summed E-state index contributed by atoms with van der Waals surface area (Å²) in [4.78, 5) is 4.76. The Morgan fingerprint density at radius 3 is 1.30 bits per heavy atom. The van der Waals surface area contributed by atoms with Gasteiger partial charge in [-0.05, 0) is 142 Å². The van der Waals surface area contributed by atoms with Crippen LogP contribution in [0.2, 0.25) is 0 Å². The minimum absolute atomic E-state index is 0.861. The summed E-state index contributed by atoms with van der Waals surface area (Å²) in [6.45, 7) is 0. The van der Waals surface area contributed by atoms with Gasteiger partial charge < -0.3 is 14.2 Å². The van der Waals surface area contributed by atoms with Gasteiger partial charge in [0.05, 0.1) is 0 Å². The van der Waals surface area contributed by atoms with E-state index in [1.54, 1.807) is 0 Å². The highest BCUT2D eigenvalue weighted by Crippen LogP contribution is 2.46. The van der Waals surface area contributed by atoms with E-state index in [4.69, 9.17) is 4.42 Å². The number of fused-ring (bicyclic) bond motifs is 6. The van der Waals surface area contributed by atoms with Gasteiger partial charge in [0.2, 0.25) is 0 Å². The van der Waals surface area contributed by atoms with Gasteiger partial charge in [-0.3, -0.25) is 0 Å². The second kappa shape index (κ2) is 17.6. The summed E-state index contributed by atoms with van der Waals surface area (Å²) < 4.78 is 9.00. The Labute approximate surface area is 411 Å². The average molecular weight is 913 g/mol. The number of hydrogen-bond acceptors (Lipinski definition) is 4. The lowest BCUT2D eigenvalue weighted by atomic mass is 9.97. The summed E-state index contributed by atoms with van der Waals surface area (Å²) >= 11 is 1.85. The van der Waals surface area contributed by atoms with E-state index < -0.39 is 0 Å². The minimum atomic E-state index is 0.861. The van der Waals surface area contributed by atoms with Crippen molar-refractivity contribution in [2.45, 2.75) is 0 Å². The molecule has 0 aliphatic heterocycles.